The molecule has 0 N–H and O–H groups in total. The molecular weight excluding hydrogens is 256 g/mol. The standard InChI is InChI=1S/C16H22O4/c1-18-14-9-5-8-13(16(17)19-2)15(14)20-11-10-12-6-3-4-7-12/h5,8-9,12H,3-4,6-7,10-11H2,1-2H3. The van der Waals surface area contributed by atoms with Gasteiger partial charge in [-0.3, -0.25) is 0 Å². The molecule has 20 heavy (non-hydrogen) atoms. The number of hydrogen-bond acceptors (Lipinski definition) is 4. The molecule has 1 aromatic rings. The first kappa shape index (κ1) is 14.7. The lowest BCUT2D eigenvalue weighted by atomic mass is 10.1. The Morgan fingerprint density at radius 1 is 1.25 bits per heavy atom. The van der Waals surface area contributed by atoms with Gasteiger partial charge in [0.25, 0.3) is 0 Å². The maximum atomic E-state index is 11.8. The summed E-state index contributed by atoms with van der Waals surface area (Å²) in [4.78, 5) is 11.8. The minimum atomic E-state index is -0.403. The Morgan fingerprint density at radius 3 is 2.65 bits per heavy atom. The Labute approximate surface area is 120 Å². The van der Waals surface area contributed by atoms with Gasteiger partial charge in [0.1, 0.15) is 5.56 Å². The molecule has 0 bridgehead atoms. The third kappa shape index (κ3) is 3.44. The predicted molar refractivity (Wildman–Crippen MR) is 76.4 cm³/mol. The summed E-state index contributed by atoms with van der Waals surface area (Å²) < 4.78 is 15.9. The maximum Gasteiger partial charge on any atom is 0.341 e. The molecule has 1 aromatic carbocycles. The largest absolute Gasteiger partial charge is 0.493 e. The summed E-state index contributed by atoms with van der Waals surface area (Å²) in [6.45, 7) is 0.606. The molecule has 0 heterocycles. The molecular formula is C16H22O4. The first-order chi connectivity index (χ1) is 9.76. The van der Waals surface area contributed by atoms with Crippen LogP contribution in [0.3, 0.4) is 0 Å². The van der Waals surface area contributed by atoms with Crippen LogP contribution in [0.5, 0.6) is 11.5 Å². The lowest BCUT2D eigenvalue weighted by molar-refractivity contribution is 0.0595. The summed E-state index contributed by atoms with van der Waals surface area (Å²) in [5.74, 6) is 1.41. The summed E-state index contributed by atoms with van der Waals surface area (Å²) >= 11 is 0. The summed E-state index contributed by atoms with van der Waals surface area (Å²) in [5.41, 5.74) is 0.415. The van der Waals surface area contributed by atoms with Crippen molar-refractivity contribution < 1.29 is 19.0 Å². The molecule has 1 saturated carbocycles. The van der Waals surface area contributed by atoms with Crippen LogP contribution < -0.4 is 9.47 Å². The number of esters is 1. The number of rotatable bonds is 6. The quantitative estimate of drug-likeness (QED) is 0.748. The minimum absolute atomic E-state index is 0.403. The van der Waals surface area contributed by atoms with Crippen molar-refractivity contribution in [1.82, 2.24) is 0 Å². The van der Waals surface area contributed by atoms with Crippen LogP contribution in [0, 0.1) is 5.92 Å². The Balaban J connectivity index is 2.05. The average molecular weight is 278 g/mol. The number of methoxy groups -OCH3 is 2. The third-order valence-corrected chi connectivity index (χ3v) is 3.85. The Bertz CT molecular complexity index is 450. The topological polar surface area (TPSA) is 44.8 Å². The van der Waals surface area contributed by atoms with Crippen LogP contribution in [0.15, 0.2) is 18.2 Å². The van der Waals surface area contributed by atoms with E-state index >= 15 is 0 Å². The molecule has 0 atom stereocenters. The molecule has 0 spiro atoms. The number of hydrogen-bond donors (Lipinski definition) is 0. The highest BCUT2D eigenvalue weighted by Gasteiger charge is 2.19. The highest BCUT2D eigenvalue weighted by atomic mass is 16.5. The number of ether oxygens (including phenoxy) is 3. The van der Waals surface area contributed by atoms with Gasteiger partial charge >= 0.3 is 5.97 Å². The van der Waals surface area contributed by atoms with Gasteiger partial charge < -0.3 is 14.2 Å². The average Bonchev–Trinajstić information content (AvgIpc) is 2.99. The summed E-state index contributed by atoms with van der Waals surface area (Å²) in [7, 11) is 2.93. The molecule has 4 nitrogen and oxygen atoms in total. The van der Waals surface area contributed by atoms with E-state index in [-0.39, 0.29) is 0 Å². The van der Waals surface area contributed by atoms with E-state index < -0.39 is 5.97 Å². The fourth-order valence-corrected chi connectivity index (χ4v) is 2.72. The molecule has 2 rings (SSSR count). The maximum absolute atomic E-state index is 11.8. The molecule has 4 heteroatoms. The van der Waals surface area contributed by atoms with Gasteiger partial charge in [-0.2, -0.15) is 0 Å². The second-order valence-corrected chi connectivity index (χ2v) is 5.12. The molecule has 0 saturated heterocycles. The zero-order valence-electron chi connectivity index (χ0n) is 12.2. The van der Waals surface area contributed by atoms with Crippen LogP contribution in [-0.2, 0) is 4.74 Å². The van der Waals surface area contributed by atoms with Crippen LogP contribution in [0.4, 0.5) is 0 Å². The van der Waals surface area contributed by atoms with E-state index in [1.54, 1.807) is 25.3 Å². The van der Waals surface area contributed by atoms with Gasteiger partial charge in [-0.1, -0.05) is 31.7 Å². The van der Waals surface area contributed by atoms with Crippen LogP contribution in [-0.4, -0.2) is 26.8 Å². The smallest absolute Gasteiger partial charge is 0.341 e. The molecule has 0 aliphatic heterocycles. The van der Waals surface area contributed by atoms with Crippen LogP contribution in [0.2, 0.25) is 0 Å². The molecule has 0 radical (unpaired) electrons. The van der Waals surface area contributed by atoms with Crippen molar-refractivity contribution >= 4 is 5.97 Å². The second kappa shape index (κ2) is 7.17. The molecule has 1 aliphatic rings. The van der Waals surface area contributed by atoms with Gasteiger partial charge in [0.05, 0.1) is 20.8 Å². The van der Waals surface area contributed by atoms with Crippen molar-refractivity contribution in [2.24, 2.45) is 5.92 Å². The molecule has 0 unspecified atom stereocenters. The SMILES string of the molecule is COC(=O)c1cccc(OC)c1OCCC1CCCC1. The Kier molecular flexibility index (Phi) is 5.27. The van der Waals surface area contributed by atoms with Crippen LogP contribution >= 0.6 is 0 Å². The predicted octanol–water partition coefficient (Wildman–Crippen LogP) is 3.44. The Morgan fingerprint density at radius 2 is 2.00 bits per heavy atom. The fraction of sp³-hybridized carbons (Fsp3) is 0.562. The third-order valence-electron chi connectivity index (χ3n) is 3.85. The van der Waals surface area contributed by atoms with Gasteiger partial charge in [0.15, 0.2) is 11.5 Å². The lowest BCUT2D eigenvalue weighted by Crippen LogP contribution is -2.09. The van der Waals surface area contributed by atoms with E-state index in [0.29, 0.717) is 23.7 Å². The molecule has 0 amide bonds. The molecule has 0 aromatic heterocycles. The van der Waals surface area contributed by atoms with E-state index in [4.69, 9.17) is 14.2 Å². The monoisotopic (exact) mass is 278 g/mol. The Hall–Kier alpha value is -1.71. The molecule has 1 fully saturated rings. The number of carbonyl (C=O) groups excluding carboxylic acids is 1. The van der Waals surface area contributed by atoms with Crippen molar-refractivity contribution in [3.63, 3.8) is 0 Å². The van der Waals surface area contributed by atoms with Crippen LogP contribution in [0.1, 0.15) is 42.5 Å². The van der Waals surface area contributed by atoms with Gasteiger partial charge in [-0.15, -0.1) is 0 Å². The van der Waals surface area contributed by atoms with E-state index in [1.807, 2.05) is 0 Å². The van der Waals surface area contributed by atoms with Crippen molar-refractivity contribution in [2.45, 2.75) is 32.1 Å². The number of benzene rings is 1. The normalized spacial score (nSPS) is 15.1. The zero-order valence-corrected chi connectivity index (χ0v) is 12.2. The highest BCUT2D eigenvalue weighted by molar-refractivity contribution is 5.93. The van der Waals surface area contributed by atoms with E-state index in [9.17, 15) is 4.79 Å². The van der Waals surface area contributed by atoms with E-state index in [2.05, 4.69) is 0 Å². The number of carbonyl (C=O) groups is 1. The van der Waals surface area contributed by atoms with E-state index in [0.717, 1.165) is 12.3 Å². The summed E-state index contributed by atoms with van der Waals surface area (Å²) in [6, 6.07) is 5.24. The fourth-order valence-electron chi connectivity index (χ4n) is 2.72. The van der Waals surface area contributed by atoms with Crippen molar-refractivity contribution in [2.75, 3.05) is 20.8 Å². The summed E-state index contributed by atoms with van der Waals surface area (Å²) in [5, 5.41) is 0. The van der Waals surface area contributed by atoms with E-state index in [1.165, 1.54) is 32.8 Å². The first-order valence-electron chi connectivity index (χ1n) is 7.14. The highest BCUT2D eigenvalue weighted by Crippen LogP contribution is 2.33. The van der Waals surface area contributed by atoms with Crippen LogP contribution in [0.25, 0.3) is 0 Å². The van der Waals surface area contributed by atoms with Crippen molar-refractivity contribution in [1.29, 1.82) is 0 Å². The second-order valence-electron chi connectivity index (χ2n) is 5.12. The zero-order chi connectivity index (χ0) is 14.4. The van der Waals surface area contributed by atoms with Crippen molar-refractivity contribution in [3.05, 3.63) is 23.8 Å². The summed E-state index contributed by atoms with van der Waals surface area (Å²) in [6.07, 6.45) is 6.26. The van der Waals surface area contributed by atoms with Gasteiger partial charge in [0.2, 0.25) is 0 Å². The van der Waals surface area contributed by atoms with Gasteiger partial charge in [-0.25, -0.2) is 4.79 Å². The molecule has 110 valence electrons. The van der Waals surface area contributed by atoms with Gasteiger partial charge in [0, 0.05) is 0 Å². The first-order valence-corrected chi connectivity index (χ1v) is 7.14. The minimum Gasteiger partial charge on any atom is -0.493 e. The van der Waals surface area contributed by atoms with Gasteiger partial charge in [-0.05, 0) is 24.5 Å². The van der Waals surface area contributed by atoms with Crippen molar-refractivity contribution in [3.8, 4) is 11.5 Å². The number of para-hydroxylation sites is 1. The molecule has 1 aliphatic carbocycles. The lowest BCUT2D eigenvalue weighted by Gasteiger charge is -2.15.